The molecule has 2 N–H and O–H groups in total. The summed E-state index contributed by atoms with van der Waals surface area (Å²) in [6, 6.07) is 6.21. The molecule has 0 saturated heterocycles. The molecule has 1 amide bonds. The van der Waals surface area contributed by atoms with Crippen LogP contribution in [0.4, 0.5) is 17.1 Å². The summed E-state index contributed by atoms with van der Waals surface area (Å²) in [5, 5.41) is 20.4. The lowest BCUT2D eigenvalue weighted by Gasteiger charge is -2.08. The average molecular weight is 305 g/mol. The van der Waals surface area contributed by atoms with E-state index in [1.54, 1.807) is 23.6 Å². The number of nitro groups is 1. The lowest BCUT2D eigenvalue weighted by Crippen LogP contribution is -2.12. The number of hydrogen-bond acceptors (Lipinski definition) is 5. The Morgan fingerprint density at radius 2 is 2.19 bits per heavy atom. The zero-order valence-electron chi connectivity index (χ0n) is 11.5. The summed E-state index contributed by atoms with van der Waals surface area (Å²) in [5.74, 6) is -0.362. The van der Waals surface area contributed by atoms with E-state index in [4.69, 9.17) is 0 Å². The molecule has 0 bridgehead atoms. The maximum atomic E-state index is 12.1. The molecule has 0 atom stereocenters. The zero-order valence-corrected chi connectivity index (χ0v) is 12.3. The molecule has 6 nitrogen and oxygen atoms in total. The molecule has 0 saturated carbocycles. The van der Waals surface area contributed by atoms with Crippen molar-refractivity contribution in [2.75, 3.05) is 17.2 Å². The number of rotatable bonds is 6. The fraction of sp³-hybridized carbons (Fsp3) is 0.214. The topological polar surface area (TPSA) is 84.3 Å². The Hall–Kier alpha value is -2.41. The molecule has 2 aromatic rings. The van der Waals surface area contributed by atoms with E-state index >= 15 is 0 Å². The molecule has 0 aliphatic carbocycles. The molecule has 2 rings (SSSR count). The Balaban J connectivity index is 2.22. The third-order valence-corrected chi connectivity index (χ3v) is 3.48. The lowest BCUT2D eigenvalue weighted by atomic mass is 10.1. The van der Waals surface area contributed by atoms with E-state index in [9.17, 15) is 14.9 Å². The summed E-state index contributed by atoms with van der Waals surface area (Å²) in [6.45, 7) is 2.61. The van der Waals surface area contributed by atoms with Crippen molar-refractivity contribution in [3.05, 3.63) is 50.7 Å². The van der Waals surface area contributed by atoms with Crippen molar-refractivity contribution in [3.8, 4) is 0 Å². The van der Waals surface area contributed by atoms with Gasteiger partial charge in [-0.25, -0.2) is 0 Å². The highest BCUT2D eigenvalue weighted by molar-refractivity contribution is 7.08. The maximum Gasteiger partial charge on any atom is 0.293 e. The molecular formula is C14H15N3O3S. The van der Waals surface area contributed by atoms with Gasteiger partial charge >= 0.3 is 0 Å². The Morgan fingerprint density at radius 1 is 1.38 bits per heavy atom. The van der Waals surface area contributed by atoms with Crippen molar-refractivity contribution in [2.24, 2.45) is 0 Å². The van der Waals surface area contributed by atoms with Crippen LogP contribution in [0.1, 0.15) is 23.7 Å². The van der Waals surface area contributed by atoms with E-state index in [0.717, 1.165) is 6.42 Å². The number of amides is 1. The second kappa shape index (κ2) is 6.85. The Labute approximate surface area is 126 Å². The number of benzene rings is 1. The fourth-order valence-corrected chi connectivity index (χ4v) is 2.36. The van der Waals surface area contributed by atoms with Gasteiger partial charge in [0.25, 0.3) is 11.6 Å². The van der Waals surface area contributed by atoms with Gasteiger partial charge in [-0.2, -0.15) is 11.3 Å². The second-order valence-electron chi connectivity index (χ2n) is 4.38. The number of nitrogens with zero attached hydrogens (tertiary/aromatic N) is 1. The molecule has 0 radical (unpaired) electrons. The largest absolute Gasteiger partial charge is 0.380 e. The smallest absolute Gasteiger partial charge is 0.293 e. The Bertz CT molecular complexity index is 641. The van der Waals surface area contributed by atoms with Crippen LogP contribution in [0.15, 0.2) is 35.0 Å². The van der Waals surface area contributed by atoms with Crippen LogP contribution in [-0.4, -0.2) is 17.4 Å². The highest BCUT2D eigenvalue weighted by atomic mass is 32.1. The van der Waals surface area contributed by atoms with Crippen LogP contribution in [0.25, 0.3) is 0 Å². The summed E-state index contributed by atoms with van der Waals surface area (Å²) in [5.41, 5.74) is 1.27. The van der Waals surface area contributed by atoms with E-state index in [0.29, 0.717) is 17.9 Å². The quantitative estimate of drug-likeness (QED) is 0.629. The third-order valence-electron chi connectivity index (χ3n) is 2.80. The molecule has 0 aliphatic rings. The second-order valence-corrected chi connectivity index (χ2v) is 5.16. The molecular weight excluding hydrogens is 290 g/mol. The van der Waals surface area contributed by atoms with Gasteiger partial charge in [-0.3, -0.25) is 14.9 Å². The minimum Gasteiger partial charge on any atom is -0.380 e. The van der Waals surface area contributed by atoms with E-state index in [1.165, 1.54) is 17.4 Å². The molecule has 0 spiro atoms. The van der Waals surface area contributed by atoms with E-state index in [-0.39, 0.29) is 17.2 Å². The minimum absolute atomic E-state index is 0.0959. The molecule has 1 aromatic carbocycles. The van der Waals surface area contributed by atoms with Crippen molar-refractivity contribution < 1.29 is 9.72 Å². The third kappa shape index (κ3) is 3.79. The van der Waals surface area contributed by atoms with Crippen LogP contribution in [0.2, 0.25) is 0 Å². The van der Waals surface area contributed by atoms with E-state index in [2.05, 4.69) is 10.6 Å². The predicted molar refractivity (Wildman–Crippen MR) is 84.1 cm³/mol. The van der Waals surface area contributed by atoms with Gasteiger partial charge in [0.05, 0.1) is 10.6 Å². The van der Waals surface area contributed by atoms with Gasteiger partial charge in [-0.1, -0.05) is 6.92 Å². The van der Waals surface area contributed by atoms with Gasteiger partial charge in [0.1, 0.15) is 5.69 Å². The summed E-state index contributed by atoms with van der Waals surface area (Å²) in [6.07, 6.45) is 0.859. The van der Waals surface area contributed by atoms with Crippen molar-refractivity contribution in [1.29, 1.82) is 0 Å². The van der Waals surface area contributed by atoms with E-state index in [1.807, 2.05) is 12.3 Å². The SMILES string of the molecule is CCCNc1ccc(C(=O)Nc2ccsc2)cc1[N+](=O)[O-]. The van der Waals surface area contributed by atoms with Crippen molar-refractivity contribution in [1.82, 2.24) is 0 Å². The van der Waals surface area contributed by atoms with Crippen LogP contribution in [0.5, 0.6) is 0 Å². The molecule has 7 heteroatoms. The number of hydrogen-bond donors (Lipinski definition) is 2. The highest BCUT2D eigenvalue weighted by Gasteiger charge is 2.17. The van der Waals surface area contributed by atoms with Crippen molar-refractivity contribution in [3.63, 3.8) is 0 Å². The number of nitro benzene ring substituents is 1. The normalized spacial score (nSPS) is 10.1. The number of carbonyl (C=O) groups excluding carboxylic acids is 1. The van der Waals surface area contributed by atoms with Gasteiger partial charge in [-0.05, 0) is 30.0 Å². The zero-order chi connectivity index (χ0) is 15.2. The molecule has 1 aromatic heterocycles. The predicted octanol–water partition coefficient (Wildman–Crippen LogP) is 3.73. The lowest BCUT2D eigenvalue weighted by molar-refractivity contribution is -0.384. The summed E-state index contributed by atoms with van der Waals surface area (Å²) in [7, 11) is 0. The van der Waals surface area contributed by atoms with Crippen LogP contribution < -0.4 is 10.6 Å². The summed E-state index contributed by atoms with van der Waals surface area (Å²) >= 11 is 1.46. The first-order valence-corrected chi connectivity index (χ1v) is 7.42. The molecule has 0 fully saturated rings. The number of nitrogens with one attached hydrogen (secondary N) is 2. The van der Waals surface area contributed by atoms with Gasteiger partial charge in [0.2, 0.25) is 0 Å². The van der Waals surface area contributed by atoms with Crippen LogP contribution in [0, 0.1) is 10.1 Å². The number of thiophene rings is 1. The van der Waals surface area contributed by atoms with Gasteiger partial charge in [0.15, 0.2) is 0 Å². The standard InChI is InChI=1S/C14H15N3O3S/c1-2-6-15-12-4-3-10(8-13(12)17(19)20)14(18)16-11-5-7-21-9-11/h3-5,7-9,15H,2,6H2,1H3,(H,16,18). The van der Waals surface area contributed by atoms with Gasteiger partial charge in [0, 0.05) is 23.6 Å². The number of anilines is 2. The fourth-order valence-electron chi connectivity index (χ4n) is 1.77. The number of carbonyl (C=O) groups is 1. The first kappa shape index (κ1) is 15.0. The van der Waals surface area contributed by atoms with Crippen LogP contribution >= 0.6 is 11.3 Å². The van der Waals surface area contributed by atoms with Gasteiger partial charge in [-0.15, -0.1) is 0 Å². The van der Waals surface area contributed by atoms with E-state index < -0.39 is 4.92 Å². The molecule has 0 unspecified atom stereocenters. The highest BCUT2D eigenvalue weighted by Crippen LogP contribution is 2.26. The van der Waals surface area contributed by atoms with Crippen LogP contribution in [-0.2, 0) is 0 Å². The molecule has 110 valence electrons. The van der Waals surface area contributed by atoms with Gasteiger partial charge < -0.3 is 10.6 Å². The van der Waals surface area contributed by atoms with Crippen molar-refractivity contribution in [2.45, 2.75) is 13.3 Å². The summed E-state index contributed by atoms with van der Waals surface area (Å²) in [4.78, 5) is 22.7. The average Bonchev–Trinajstić information content (AvgIpc) is 2.97. The summed E-state index contributed by atoms with van der Waals surface area (Å²) < 4.78 is 0. The molecule has 0 aliphatic heterocycles. The molecule has 1 heterocycles. The Morgan fingerprint density at radius 3 is 2.81 bits per heavy atom. The minimum atomic E-state index is -0.487. The monoisotopic (exact) mass is 305 g/mol. The maximum absolute atomic E-state index is 12.1. The Kier molecular flexibility index (Phi) is 4.89. The molecule has 21 heavy (non-hydrogen) atoms. The first-order chi connectivity index (χ1) is 10.1. The van der Waals surface area contributed by atoms with Crippen molar-refractivity contribution >= 4 is 34.3 Å². The first-order valence-electron chi connectivity index (χ1n) is 6.47. The van der Waals surface area contributed by atoms with Crippen LogP contribution in [0.3, 0.4) is 0 Å².